The molecule has 1 N–H and O–H groups in total. The number of halogens is 2. The summed E-state index contributed by atoms with van der Waals surface area (Å²) in [5, 5.41) is 1.16. The van der Waals surface area contributed by atoms with Crippen LogP contribution in [0.25, 0.3) is 0 Å². The highest BCUT2D eigenvalue weighted by Crippen LogP contribution is 2.41. The molecule has 3 aromatic rings. The monoisotopic (exact) mass is 565 g/mol. The van der Waals surface area contributed by atoms with Gasteiger partial charge < -0.3 is 14.2 Å². The van der Waals surface area contributed by atoms with Gasteiger partial charge in [0.1, 0.15) is 23.4 Å². The second kappa shape index (κ2) is 10.1. The van der Waals surface area contributed by atoms with E-state index in [9.17, 15) is 13.2 Å². The van der Waals surface area contributed by atoms with E-state index < -0.39 is 21.9 Å². The Morgan fingerprint density at radius 3 is 2.81 bits per heavy atom. The van der Waals surface area contributed by atoms with E-state index in [-0.39, 0.29) is 23.4 Å². The number of carbonyl (C=O) groups is 1. The van der Waals surface area contributed by atoms with Crippen LogP contribution in [0.2, 0.25) is 5.02 Å². The Hall–Kier alpha value is -2.83. The fourth-order valence-corrected chi connectivity index (χ4v) is 6.32. The molecule has 1 aromatic carbocycles. The van der Waals surface area contributed by atoms with E-state index in [2.05, 4.69) is 14.3 Å². The van der Waals surface area contributed by atoms with Gasteiger partial charge in [0.2, 0.25) is 10.0 Å². The molecule has 2 aromatic heterocycles. The zero-order valence-electron chi connectivity index (χ0n) is 20.2. The van der Waals surface area contributed by atoms with Gasteiger partial charge in [0.25, 0.3) is 5.91 Å². The van der Waals surface area contributed by atoms with Gasteiger partial charge in [-0.05, 0) is 30.7 Å². The predicted octanol–water partition coefficient (Wildman–Crippen LogP) is 3.66. The molecule has 5 rings (SSSR count). The normalized spacial score (nSPS) is 16.9. The van der Waals surface area contributed by atoms with Crippen LogP contribution < -0.4 is 9.46 Å². The van der Waals surface area contributed by atoms with Crippen LogP contribution in [-0.2, 0) is 34.2 Å². The van der Waals surface area contributed by atoms with Crippen molar-refractivity contribution in [2.45, 2.75) is 37.5 Å². The molecule has 0 aliphatic carbocycles. The first kappa shape index (κ1) is 25.8. The van der Waals surface area contributed by atoms with Gasteiger partial charge in [0.05, 0.1) is 23.3 Å². The number of aromatic nitrogens is 3. The summed E-state index contributed by atoms with van der Waals surface area (Å²) >= 11 is 7.67. The van der Waals surface area contributed by atoms with Crippen molar-refractivity contribution in [1.29, 1.82) is 0 Å². The third kappa shape index (κ3) is 5.27. The number of fused-ring (bicyclic) bond motifs is 3. The van der Waals surface area contributed by atoms with Crippen LogP contribution in [0.3, 0.4) is 0 Å². The molecule has 196 valence electrons. The number of hydrogen-bond acceptors (Lipinski definition) is 7. The van der Waals surface area contributed by atoms with Gasteiger partial charge in [-0.3, -0.25) is 9.52 Å². The summed E-state index contributed by atoms with van der Waals surface area (Å²) in [6.45, 7) is 2.67. The fraction of sp³-hybridized carbons (Fsp3) is 0.375. The largest absolute Gasteiger partial charge is 0.482 e. The molecule has 13 heteroatoms. The molecule has 37 heavy (non-hydrogen) atoms. The van der Waals surface area contributed by atoms with Crippen molar-refractivity contribution in [2.75, 3.05) is 29.9 Å². The minimum Gasteiger partial charge on any atom is -0.482 e. The molecule has 0 saturated carbocycles. The average Bonchev–Trinajstić information content (AvgIpc) is 3.43. The first-order valence-electron chi connectivity index (χ1n) is 11.7. The molecule has 1 atom stereocenters. The topological polar surface area (TPSA) is 106 Å². The molecule has 9 nitrogen and oxygen atoms in total. The van der Waals surface area contributed by atoms with Crippen molar-refractivity contribution in [3.8, 4) is 5.75 Å². The quantitative estimate of drug-likeness (QED) is 0.466. The summed E-state index contributed by atoms with van der Waals surface area (Å²) in [4.78, 5) is 24.2. The van der Waals surface area contributed by atoms with Crippen molar-refractivity contribution >= 4 is 45.1 Å². The molecule has 2 aliphatic rings. The summed E-state index contributed by atoms with van der Waals surface area (Å²) in [6, 6.07) is 6.89. The zero-order chi connectivity index (χ0) is 26.3. The molecule has 0 unspecified atom stereocenters. The highest BCUT2D eigenvalue weighted by molar-refractivity contribution is 7.99. The van der Waals surface area contributed by atoms with Crippen LogP contribution in [0.15, 0.2) is 35.5 Å². The number of sulfonamides is 1. The number of imidazole rings is 1. The first-order chi connectivity index (χ1) is 17.6. The maximum atomic E-state index is 15.2. The van der Waals surface area contributed by atoms with E-state index in [1.165, 1.54) is 12.1 Å². The maximum absolute atomic E-state index is 15.2. The van der Waals surface area contributed by atoms with Gasteiger partial charge in [-0.2, -0.15) is 0 Å². The highest BCUT2D eigenvalue weighted by Gasteiger charge is 2.39. The Bertz CT molecular complexity index is 1480. The lowest BCUT2D eigenvalue weighted by molar-refractivity contribution is -0.135. The molecular weight excluding hydrogens is 541 g/mol. The Morgan fingerprint density at radius 2 is 2.08 bits per heavy atom. The first-order valence-corrected chi connectivity index (χ1v) is 15.0. The zero-order valence-corrected chi connectivity index (χ0v) is 22.6. The molecule has 0 bridgehead atoms. The van der Waals surface area contributed by atoms with Gasteiger partial charge in [-0.15, -0.1) is 0 Å². The average molecular weight is 566 g/mol. The number of carbonyl (C=O) groups excluding carboxylic acids is 1. The van der Waals surface area contributed by atoms with Crippen molar-refractivity contribution in [1.82, 2.24) is 19.4 Å². The third-order valence-corrected chi connectivity index (χ3v) is 8.01. The van der Waals surface area contributed by atoms with Crippen LogP contribution in [0.1, 0.15) is 35.6 Å². The minimum absolute atomic E-state index is 0.173. The number of aryl methyl sites for hydroxylation is 1. The fourth-order valence-electron chi connectivity index (χ4n) is 4.69. The Kier molecular flexibility index (Phi) is 7.08. The van der Waals surface area contributed by atoms with Crippen LogP contribution in [0, 0.1) is 5.82 Å². The lowest BCUT2D eigenvalue weighted by Crippen LogP contribution is -2.44. The van der Waals surface area contributed by atoms with Gasteiger partial charge in [-0.1, -0.05) is 36.4 Å². The van der Waals surface area contributed by atoms with Crippen molar-refractivity contribution < 1.29 is 22.3 Å². The summed E-state index contributed by atoms with van der Waals surface area (Å²) < 4.78 is 48.5. The molecule has 0 fully saturated rings. The minimum atomic E-state index is -3.48. The molecule has 0 saturated heterocycles. The molecule has 4 heterocycles. The number of amides is 1. The number of benzene rings is 1. The second-order valence-electron chi connectivity index (χ2n) is 8.79. The maximum Gasteiger partial charge on any atom is 0.261 e. The Morgan fingerprint density at radius 1 is 1.27 bits per heavy atom. The summed E-state index contributed by atoms with van der Waals surface area (Å²) in [5.41, 5.74) is 2.56. The molecule has 1 amide bonds. The SMILES string of the molecule is CCc1nc(NS(C)(=O)=O)ccc1OCC(=O)N1CCc2nc3n(c2[C@@H]1c1ccc(Cl)cc1F)CCS3. The number of rotatable bonds is 7. The molecule has 0 spiro atoms. The van der Waals surface area contributed by atoms with Crippen LogP contribution in [-0.4, -0.2) is 58.9 Å². The number of nitrogens with zero attached hydrogens (tertiary/aromatic N) is 4. The highest BCUT2D eigenvalue weighted by atomic mass is 35.5. The number of pyridine rings is 1. The molecule has 0 radical (unpaired) electrons. The smallest absolute Gasteiger partial charge is 0.261 e. The van der Waals surface area contributed by atoms with Crippen molar-refractivity contribution in [3.05, 3.63) is 63.8 Å². The summed E-state index contributed by atoms with van der Waals surface area (Å²) in [5.74, 6) is 0.624. The summed E-state index contributed by atoms with van der Waals surface area (Å²) in [7, 11) is -3.48. The molecular formula is C24H25ClFN5O4S2. The Labute approximate surface area is 223 Å². The second-order valence-corrected chi connectivity index (χ2v) is 12.0. The number of hydrogen-bond donors (Lipinski definition) is 1. The summed E-state index contributed by atoms with van der Waals surface area (Å²) in [6.07, 6.45) is 2.07. The lowest BCUT2D eigenvalue weighted by atomic mass is 9.94. The van der Waals surface area contributed by atoms with Gasteiger partial charge >= 0.3 is 0 Å². The van der Waals surface area contributed by atoms with Crippen molar-refractivity contribution in [2.24, 2.45) is 0 Å². The number of anilines is 1. The standard InChI is InChI=1S/C24H25ClFN5O4S2/c1-3-17-19(6-7-20(27-17)29-37(2,33)34)35-13-21(32)30-9-8-18-23(31-10-11-36-24(31)28-18)22(30)15-5-4-14(25)12-16(15)26/h4-7,12,22H,3,8-11,13H2,1-2H3,(H,27,29)/t22-/m0/s1. The van der Waals surface area contributed by atoms with E-state index in [4.69, 9.17) is 21.3 Å². The van der Waals surface area contributed by atoms with Crippen molar-refractivity contribution in [3.63, 3.8) is 0 Å². The predicted molar refractivity (Wildman–Crippen MR) is 139 cm³/mol. The van der Waals surface area contributed by atoms with Crippen LogP contribution in [0.4, 0.5) is 10.2 Å². The van der Waals surface area contributed by atoms with Gasteiger partial charge in [0, 0.05) is 35.8 Å². The van der Waals surface area contributed by atoms with E-state index in [0.29, 0.717) is 36.4 Å². The number of thioether (sulfide) groups is 1. The van der Waals surface area contributed by atoms with E-state index >= 15 is 4.39 Å². The van der Waals surface area contributed by atoms with Crippen LogP contribution in [0.5, 0.6) is 5.75 Å². The number of nitrogens with one attached hydrogen (secondary N) is 1. The van der Waals surface area contributed by atoms with Gasteiger partial charge in [0.15, 0.2) is 11.8 Å². The third-order valence-electron chi connectivity index (χ3n) is 6.24. The van der Waals surface area contributed by atoms with Crippen LogP contribution >= 0.6 is 23.4 Å². The van der Waals surface area contributed by atoms with E-state index in [0.717, 1.165) is 35.1 Å². The lowest BCUT2D eigenvalue weighted by Gasteiger charge is -2.36. The Balaban J connectivity index is 1.43. The number of ether oxygens (including phenoxy) is 1. The van der Waals surface area contributed by atoms with E-state index in [1.807, 2.05) is 6.92 Å². The van der Waals surface area contributed by atoms with Gasteiger partial charge in [-0.25, -0.2) is 22.8 Å². The molecule has 2 aliphatic heterocycles. The van der Waals surface area contributed by atoms with E-state index in [1.54, 1.807) is 34.9 Å².